The molecule has 1 atom stereocenters. The van der Waals surface area contributed by atoms with Crippen molar-refractivity contribution in [1.29, 1.82) is 0 Å². The van der Waals surface area contributed by atoms with Gasteiger partial charge in [-0.3, -0.25) is 19.2 Å². The van der Waals surface area contributed by atoms with E-state index in [0.717, 1.165) is 35.6 Å². The largest absolute Gasteiger partial charge is 0.298 e. The van der Waals surface area contributed by atoms with Gasteiger partial charge in [0.2, 0.25) is 0 Å². The van der Waals surface area contributed by atoms with E-state index in [2.05, 4.69) is 28.6 Å². The topological polar surface area (TPSA) is 41.4 Å². The molecule has 0 bridgehead atoms. The number of nitrogens with zero attached hydrogens (tertiary/aromatic N) is 4. The first-order valence-electron chi connectivity index (χ1n) is 11.6. The Morgan fingerprint density at radius 1 is 1.07 bits per heavy atom. The molecule has 5 nitrogen and oxygen atoms in total. The Labute approximate surface area is 177 Å². The Morgan fingerprint density at radius 2 is 1.76 bits per heavy atom. The number of aryl methyl sites for hydroxylation is 1. The van der Waals surface area contributed by atoms with E-state index in [4.69, 9.17) is 0 Å². The first-order chi connectivity index (χ1) is 14.1. The van der Waals surface area contributed by atoms with Crippen LogP contribution in [0.3, 0.4) is 0 Å². The zero-order chi connectivity index (χ0) is 20.0. The maximum Gasteiger partial charge on any atom is 0.262 e. The summed E-state index contributed by atoms with van der Waals surface area (Å²) in [7, 11) is 0. The summed E-state index contributed by atoms with van der Waals surface area (Å²) in [6.45, 7) is 9.94. The summed E-state index contributed by atoms with van der Waals surface area (Å²) in [6.07, 6.45) is 10.7. The monoisotopic (exact) mass is 414 g/mol. The van der Waals surface area contributed by atoms with Gasteiger partial charge in [-0.25, -0.2) is 4.98 Å². The fraction of sp³-hybridized carbons (Fsp3) is 0.739. The van der Waals surface area contributed by atoms with Crippen LogP contribution in [0.2, 0.25) is 0 Å². The van der Waals surface area contributed by atoms with Crippen molar-refractivity contribution in [2.75, 3.05) is 26.2 Å². The summed E-state index contributed by atoms with van der Waals surface area (Å²) in [6, 6.07) is 1.50. The molecule has 1 aliphatic heterocycles. The molecule has 1 saturated heterocycles. The maximum absolute atomic E-state index is 13.1. The molecule has 0 N–H and O–H groups in total. The van der Waals surface area contributed by atoms with E-state index in [1.807, 2.05) is 4.57 Å². The molecule has 6 heteroatoms. The molecule has 3 heterocycles. The lowest BCUT2D eigenvalue weighted by molar-refractivity contribution is 0.0661. The SMILES string of the molecule is CC(C)Cn1cnc2sc3c(c2c1=O)CCC(N1CCN(C2CCCC2)CC1)C3. The van der Waals surface area contributed by atoms with Crippen molar-refractivity contribution in [3.05, 3.63) is 27.1 Å². The van der Waals surface area contributed by atoms with Gasteiger partial charge in [0.05, 0.1) is 11.7 Å². The lowest BCUT2D eigenvalue weighted by atomic mass is 9.91. The van der Waals surface area contributed by atoms with Crippen molar-refractivity contribution in [3.8, 4) is 0 Å². The molecule has 5 rings (SSSR count). The Kier molecular flexibility index (Phi) is 5.52. The van der Waals surface area contributed by atoms with Gasteiger partial charge in [0, 0.05) is 49.7 Å². The Bertz CT molecular complexity index is 919. The number of fused-ring (bicyclic) bond motifs is 3. The molecule has 158 valence electrons. The third-order valence-electron chi connectivity index (χ3n) is 7.28. The van der Waals surface area contributed by atoms with E-state index in [1.54, 1.807) is 17.7 Å². The Morgan fingerprint density at radius 3 is 2.45 bits per heavy atom. The van der Waals surface area contributed by atoms with E-state index in [1.165, 1.54) is 68.7 Å². The summed E-state index contributed by atoms with van der Waals surface area (Å²) in [5.41, 5.74) is 1.48. The minimum atomic E-state index is 0.171. The third kappa shape index (κ3) is 3.79. The van der Waals surface area contributed by atoms with E-state index in [0.29, 0.717) is 12.0 Å². The standard InChI is InChI=1S/C23H34N4OS/c1-16(2)14-27-15-24-22-21(23(27)28)19-8-7-18(13-20(19)29-22)26-11-9-25(10-12-26)17-5-3-4-6-17/h15-18H,3-14H2,1-2H3. The first-order valence-corrected chi connectivity index (χ1v) is 12.4. The first kappa shape index (κ1) is 19.7. The van der Waals surface area contributed by atoms with Gasteiger partial charge in [-0.15, -0.1) is 11.3 Å². The number of hydrogen-bond donors (Lipinski definition) is 0. The third-order valence-corrected chi connectivity index (χ3v) is 8.44. The highest BCUT2D eigenvalue weighted by molar-refractivity contribution is 7.18. The highest BCUT2D eigenvalue weighted by Crippen LogP contribution is 2.35. The minimum absolute atomic E-state index is 0.171. The molecule has 2 aromatic heterocycles. The zero-order valence-corrected chi connectivity index (χ0v) is 18.7. The summed E-state index contributed by atoms with van der Waals surface area (Å²) < 4.78 is 1.81. The molecule has 0 radical (unpaired) electrons. The van der Waals surface area contributed by atoms with Crippen LogP contribution in [-0.2, 0) is 19.4 Å². The van der Waals surface area contributed by atoms with Gasteiger partial charge >= 0.3 is 0 Å². The van der Waals surface area contributed by atoms with Gasteiger partial charge in [-0.1, -0.05) is 26.7 Å². The summed E-state index contributed by atoms with van der Waals surface area (Å²) in [5.74, 6) is 0.452. The van der Waals surface area contributed by atoms with Crippen LogP contribution in [0.4, 0.5) is 0 Å². The second-order valence-electron chi connectivity index (χ2n) is 9.69. The van der Waals surface area contributed by atoms with Crippen LogP contribution in [0, 0.1) is 5.92 Å². The molecule has 2 aromatic rings. The van der Waals surface area contributed by atoms with E-state index >= 15 is 0 Å². The van der Waals surface area contributed by atoms with Crippen LogP contribution in [0.15, 0.2) is 11.1 Å². The molecule has 1 saturated carbocycles. The van der Waals surface area contributed by atoms with Crippen molar-refractivity contribution in [2.45, 2.75) is 77.4 Å². The lowest BCUT2D eigenvalue weighted by Gasteiger charge is -2.42. The number of rotatable bonds is 4. The van der Waals surface area contributed by atoms with Crippen LogP contribution >= 0.6 is 11.3 Å². The van der Waals surface area contributed by atoms with Gasteiger partial charge < -0.3 is 0 Å². The average Bonchev–Trinajstić information content (AvgIpc) is 3.37. The molecular formula is C23H34N4OS. The minimum Gasteiger partial charge on any atom is -0.298 e. The summed E-state index contributed by atoms with van der Waals surface area (Å²) in [5, 5.41) is 0.914. The van der Waals surface area contributed by atoms with Crippen LogP contribution < -0.4 is 5.56 Å². The van der Waals surface area contributed by atoms with Crippen molar-refractivity contribution in [1.82, 2.24) is 19.4 Å². The molecule has 0 spiro atoms. The number of thiophene rings is 1. The summed E-state index contributed by atoms with van der Waals surface area (Å²) in [4.78, 5) is 25.6. The predicted molar refractivity (Wildman–Crippen MR) is 120 cm³/mol. The predicted octanol–water partition coefficient (Wildman–Crippen LogP) is 3.53. The molecular weight excluding hydrogens is 380 g/mol. The van der Waals surface area contributed by atoms with Gasteiger partial charge in [0.15, 0.2) is 0 Å². The average molecular weight is 415 g/mol. The van der Waals surface area contributed by atoms with E-state index in [-0.39, 0.29) is 5.56 Å². The molecule has 0 aromatic carbocycles. The van der Waals surface area contributed by atoms with Crippen molar-refractivity contribution in [3.63, 3.8) is 0 Å². The molecule has 29 heavy (non-hydrogen) atoms. The highest BCUT2D eigenvalue weighted by Gasteiger charge is 2.32. The van der Waals surface area contributed by atoms with Gasteiger partial charge in [0.25, 0.3) is 5.56 Å². The molecule has 2 fully saturated rings. The maximum atomic E-state index is 13.1. The lowest BCUT2D eigenvalue weighted by Crippen LogP contribution is -2.53. The van der Waals surface area contributed by atoms with Gasteiger partial charge in [0.1, 0.15) is 4.83 Å². The molecule has 0 amide bonds. The zero-order valence-electron chi connectivity index (χ0n) is 17.9. The van der Waals surface area contributed by atoms with E-state index < -0.39 is 0 Å². The van der Waals surface area contributed by atoms with Crippen LogP contribution in [0.5, 0.6) is 0 Å². The fourth-order valence-corrected chi connectivity index (χ4v) is 7.00. The normalized spacial score (nSPS) is 24.6. The van der Waals surface area contributed by atoms with Crippen LogP contribution in [0.1, 0.15) is 56.4 Å². The number of aromatic nitrogens is 2. The number of piperazine rings is 1. The number of hydrogen-bond acceptors (Lipinski definition) is 5. The molecule has 3 aliphatic rings. The van der Waals surface area contributed by atoms with Gasteiger partial charge in [-0.2, -0.15) is 0 Å². The fourth-order valence-electron chi connectivity index (χ4n) is 5.76. The van der Waals surface area contributed by atoms with Crippen molar-refractivity contribution < 1.29 is 0 Å². The highest BCUT2D eigenvalue weighted by atomic mass is 32.1. The second-order valence-corrected chi connectivity index (χ2v) is 10.8. The summed E-state index contributed by atoms with van der Waals surface area (Å²) >= 11 is 1.77. The smallest absolute Gasteiger partial charge is 0.262 e. The van der Waals surface area contributed by atoms with E-state index in [9.17, 15) is 4.79 Å². The van der Waals surface area contributed by atoms with Crippen molar-refractivity contribution in [2.24, 2.45) is 5.92 Å². The Hall–Kier alpha value is -1.24. The quantitative estimate of drug-likeness (QED) is 0.767. The Balaban J connectivity index is 1.30. The van der Waals surface area contributed by atoms with Crippen molar-refractivity contribution >= 4 is 21.6 Å². The molecule has 1 unspecified atom stereocenters. The molecule has 2 aliphatic carbocycles. The van der Waals surface area contributed by atoms with Crippen LogP contribution in [-0.4, -0.2) is 57.6 Å². The van der Waals surface area contributed by atoms with Gasteiger partial charge in [-0.05, 0) is 43.6 Å². The van der Waals surface area contributed by atoms with Crippen LogP contribution in [0.25, 0.3) is 10.2 Å². The second kappa shape index (κ2) is 8.12.